The Morgan fingerprint density at radius 3 is 3.00 bits per heavy atom. The molecule has 1 heterocycles. The molecule has 1 N–H and O–H groups in total. The predicted octanol–water partition coefficient (Wildman–Crippen LogP) is 3.78. The van der Waals surface area contributed by atoms with E-state index in [1.165, 1.54) is 22.8 Å². The summed E-state index contributed by atoms with van der Waals surface area (Å²) >= 11 is 8.49. The summed E-state index contributed by atoms with van der Waals surface area (Å²) in [5.74, 6) is 2.39. The highest BCUT2D eigenvalue weighted by atomic mass is 35.5. The van der Waals surface area contributed by atoms with Gasteiger partial charge in [-0.15, -0.1) is 0 Å². The fraction of sp³-hybridized carbons (Fsp3) is 0.600. The normalized spacial score (nSPS) is 19.7. The molecule has 0 aliphatic carbocycles. The van der Waals surface area contributed by atoms with Gasteiger partial charge in [-0.2, -0.15) is 11.8 Å². The van der Waals surface area contributed by atoms with Gasteiger partial charge in [0.15, 0.2) is 0 Å². The Bertz CT molecular complexity index is 411. The molecule has 0 spiro atoms. The highest BCUT2D eigenvalue weighted by Gasteiger charge is 2.20. The van der Waals surface area contributed by atoms with E-state index in [4.69, 9.17) is 11.6 Å². The van der Waals surface area contributed by atoms with Gasteiger partial charge in [0, 0.05) is 30.6 Å². The zero-order valence-electron chi connectivity index (χ0n) is 11.8. The van der Waals surface area contributed by atoms with Crippen LogP contribution in [0.15, 0.2) is 18.2 Å². The lowest BCUT2D eigenvalue weighted by atomic mass is 10.1. The molecule has 1 fully saturated rings. The number of thioether (sulfide) groups is 1. The van der Waals surface area contributed by atoms with Gasteiger partial charge in [-0.05, 0) is 37.6 Å². The van der Waals surface area contributed by atoms with E-state index in [1.54, 1.807) is 0 Å². The van der Waals surface area contributed by atoms with Gasteiger partial charge >= 0.3 is 0 Å². The Balaban J connectivity index is 2.05. The molecule has 1 aromatic carbocycles. The van der Waals surface area contributed by atoms with Crippen molar-refractivity contribution in [2.45, 2.75) is 32.9 Å². The lowest BCUT2D eigenvalue weighted by Crippen LogP contribution is -2.40. The van der Waals surface area contributed by atoms with E-state index < -0.39 is 0 Å². The van der Waals surface area contributed by atoms with E-state index >= 15 is 0 Å². The number of nitrogens with one attached hydrogen (secondary N) is 1. The van der Waals surface area contributed by atoms with E-state index in [0.29, 0.717) is 6.04 Å². The molecule has 1 saturated heterocycles. The Hall–Kier alpha value is -0.380. The molecule has 1 aliphatic heterocycles. The number of anilines is 1. The molecule has 106 valence electrons. The molecular weight excluding hydrogens is 276 g/mol. The second kappa shape index (κ2) is 7.41. The maximum absolute atomic E-state index is 6.46. The number of hydrogen-bond acceptors (Lipinski definition) is 3. The van der Waals surface area contributed by atoms with Gasteiger partial charge in [0.2, 0.25) is 0 Å². The number of hydrogen-bond donors (Lipinski definition) is 1. The third-order valence-corrected chi connectivity index (χ3v) is 4.94. The topological polar surface area (TPSA) is 15.3 Å². The van der Waals surface area contributed by atoms with Crippen molar-refractivity contribution in [1.82, 2.24) is 5.32 Å². The van der Waals surface area contributed by atoms with E-state index in [0.717, 1.165) is 31.1 Å². The largest absolute Gasteiger partial charge is 0.366 e. The SMILES string of the molecule is CCCNCc1ccc(N2CCSCC2C)c(Cl)c1. The van der Waals surface area contributed by atoms with E-state index in [2.05, 4.69) is 42.3 Å². The Kier molecular flexibility index (Phi) is 5.86. The predicted molar refractivity (Wildman–Crippen MR) is 87.6 cm³/mol. The van der Waals surface area contributed by atoms with Crippen LogP contribution in [0.5, 0.6) is 0 Å². The number of benzene rings is 1. The minimum absolute atomic E-state index is 0.570. The smallest absolute Gasteiger partial charge is 0.0642 e. The lowest BCUT2D eigenvalue weighted by Gasteiger charge is -2.35. The quantitative estimate of drug-likeness (QED) is 0.833. The van der Waals surface area contributed by atoms with Crippen molar-refractivity contribution >= 4 is 29.1 Å². The first kappa shape index (κ1) is 15.0. The summed E-state index contributed by atoms with van der Waals surface area (Å²) < 4.78 is 0. The molecule has 0 amide bonds. The van der Waals surface area contributed by atoms with Crippen LogP contribution in [-0.4, -0.2) is 30.6 Å². The number of rotatable bonds is 5. The van der Waals surface area contributed by atoms with Crippen molar-refractivity contribution in [2.24, 2.45) is 0 Å². The first-order valence-electron chi connectivity index (χ1n) is 7.06. The van der Waals surface area contributed by atoms with E-state index in [-0.39, 0.29) is 0 Å². The van der Waals surface area contributed by atoms with E-state index in [1.807, 2.05) is 11.8 Å². The first-order chi connectivity index (χ1) is 9.22. The third kappa shape index (κ3) is 4.04. The zero-order chi connectivity index (χ0) is 13.7. The molecule has 0 aromatic heterocycles. The Labute approximate surface area is 125 Å². The summed E-state index contributed by atoms with van der Waals surface area (Å²) in [7, 11) is 0. The van der Waals surface area contributed by atoms with Crippen molar-refractivity contribution in [3.63, 3.8) is 0 Å². The van der Waals surface area contributed by atoms with Crippen molar-refractivity contribution in [3.05, 3.63) is 28.8 Å². The zero-order valence-corrected chi connectivity index (χ0v) is 13.4. The minimum Gasteiger partial charge on any atom is -0.366 e. The summed E-state index contributed by atoms with van der Waals surface area (Å²) in [6.45, 7) is 7.51. The van der Waals surface area contributed by atoms with Crippen LogP contribution in [0.1, 0.15) is 25.8 Å². The first-order valence-corrected chi connectivity index (χ1v) is 8.59. The van der Waals surface area contributed by atoms with Gasteiger partial charge in [0.05, 0.1) is 10.7 Å². The Morgan fingerprint density at radius 1 is 1.47 bits per heavy atom. The van der Waals surface area contributed by atoms with Crippen LogP contribution in [0.3, 0.4) is 0 Å². The molecule has 1 aliphatic rings. The monoisotopic (exact) mass is 298 g/mol. The van der Waals surface area contributed by atoms with Crippen LogP contribution < -0.4 is 10.2 Å². The standard InChI is InChI=1S/C15H23ClN2S/c1-3-6-17-10-13-4-5-15(14(16)9-13)18-7-8-19-11-12(18)2/h4-5,9,12,17H,3,6-8,10-11H2,1-2H3. The van der Waals surface area contributed by atoms with Crippen LogP contribution >= 0.6 is 23.4 Å². The van der Waals surface area contributed by atoms with Crippen molar-refractivity contribution in [3.8, 4) is 0 Å². The fourth-order valence-electron chi connectivity index (χ4n) is 2.39. The molecule has 1 aromatic rings. The molecule has 19 heavy (non-hydrogen) atoms. The average Bonchev–Trinajstić information content (AvgIpc) is 2.40. The summed E-state index contributed by atoms with van der Waals surface area (Å²) in [6.07, 6.45) is 1.16. The van der Waals surface area contributed by atoms with Gasteiger partial charge in [0.25, 0.3) is 0 Å². The van der Waals surface area contributed by atoms with Gasteiger partial charge in [0.1, 0.15) is 0 Å². The molecule has 0 radical (unpaired) electrons. The second-order valence-corrected chi connectivity index (χ2v) is 6.64. The number of halogens is 1. The fourth-order valence-corrected chi connectivity index (χ4v) is 3.71. The molecule has 0 bridgehead atoms. The lowest BCUT2D eigenvalue weighted by molar-refractivity contribution is 0.674. The second-order valence-electron chi connectivity index (χ2n) is 5.08. The minimum atomic E-state index is 0.570. The summed E-state index contributed by atoms with van der Waals surface area (Å²) in [5.41, 5.74) is 2.45. The summed E-state index contributed by atoms with van der Waals surface area (Å²) in [4.78, 5) is 2.43. The van der Waals surface area contributed by atoms with Crippen LogP contribution in [-0.2, 0) is 6.54 Å². The molecule has 2 nitrogen and oxygen atoms in total. The average molecular weight is 299 g/mol. The molecule has 1 atom stereocenters. The molecule has 2 rings (SSSR count). The maximum Gasteiger partial charge on any atom is 0.0642 e. The van der Waals surface area contributed by atoms with Crippen molar-refractivity contribution < 1.29 is 0 Å². The Morgan fingerprint density at radius 2 is 2.32 bits per heavy atom. The van der Waals surface area contributed by atoms with Gasteiger partial charge < -0.3 is 10.2 Å². The molecule has 4 heteroatoms. The molecule has 1 unspecified atom stereocenters. The van der Waals surface area contributed by atoms with Crippen molar-refractivity contribution in [1.29, 1.82) is 0 Å². The van der Waals surface area contributed by atoms with Gasteiger partial charge in [-0.3, -0.25) is 0 Å². The van der Waals surface area contributed by atoms with Crippen LogP contribution in [0.4, 0.5) is 5.69 Å². The van der Waals surface area contributed by atoms with E-state index in [9.17, 15) is 0 Å². The summed E-state index contributed by atoms with van der Waals surface area (Å²) in [5, 5.41) is 4.29. The van der Waals surface area contributed by atoms with Crippen LogP contribution in [0.2, 0.25) is 5.02 Å². The van der Waals surface area contributed by atoms with Gasteiger partial charge in [-0.25, -0.2) is 0 Å². The number of nitrogens with zero attached hydrogens (tertiary/aromatic N) is 1. The van der Waals surface area contributed by atoms with Crippen molar-refractivity contribution in [2.75, 3.05) is 29.5 Å². The highest BCUT2D eigenvalue weighted by molar-refractivity contribution is 7.99. The molecular formula is C15H23ClN2S. The highest BCUT2D eigenvalue weighted by Crippen LogP contribution is 2.31. The summed E-state index contributed by atoms with van der Waals surface area (Å²) in [6, 6.07) is 7.05. The van der Waals surface area contributed by atoms with Crippen LogP contribution in [0.25, 0.3) is 0 Å². The van der Waals surface area contributed by atoms with Gasteiger partial charge in [-0.1, -0.05) is 24.6 Å². The molecule has 0 saturated carbocycles. The maximum atomic E-state index is 6.46. The van der Waals surface area contributed by atoms with Crippen LogP contribution in [0, 0.1) is 0 Å². The third-order valence-electron chi connectivity index (χ3n) is 3.45.